The van der Waals surface area contributed by atoms with Crippen LogP contribution in [0.3, 0.4) is 0 Å². The summed E-state index contributed by atoms with van der Waals surface area (Å²) in [7, 11) is 0. The summed E-state index contributed by atoms with van der Waals surface area (Å²) in [5.74, 6) is 2.00. The summed E-state index contributed by atoms with van der Waals surface area (Å²) >= 11 is 0. The van der Waals surface area contributed by atoms with Gasteiger partial charge in [-0.2, -0.15) is 0 Å². The van der Waals surface area contributed by atoms with Crippen molar-refractivity contribution in [2.75, 3.05) is 0 Å². The van der Waals surface area contributed by atoms with Crippen LogP contribution in [0.2, 0.25) is 0 Å². The second kappa shape index (κ2) is 1.37. The van der Waals surface area contributed by atoms with Crippen molar-refractivity contribution in [1.82, 2.24) is 0 Å². The van der Waals surface area contributed by atoms with Gasteiger partial charge in [-0.15, -0.1) is 0 Å². The third-order valence-corrected chi connectivity index (χ3v) is 2.55. The van der Waals surface area contributed by atoms with Gasteiger partial charge < -0.3 is 0 Å². The van der Waals surface area contributed by atoms with Crippen molar-refractivity contribution < 1.29 is 0 Å². The van der Waals surface area contributed by atoms with Crippen molar-refractivity contribution >= 4 is 0 Å². The molecule has 0 heteroatoms. The molecule has 0 bridgehead atoms. The van der Waals surface area contributed by atoms with E-state index in [-0.39, 0.29) is 0 Å². The summed E-state index contributed by atoms with van der Waals surface area (Å²) in [6, 6.07) is 0. The zero-order valence-electron chi connectivity index (χ0n) is 5.35. The highest BCUT2D eigenvalue weighted by Gasteiger charge is 2.40. The maximum Gasteiger partial charge on any atom is -0.0137 e. The first-order chi connectivity index (χ1) is 3.89. The van der Waals surface area contributed by atoms with E-state index in [1.54, 1.807) is 5.57 Å². The van der Waals surface area contributed by atoms with E-state index < -0.39 is 0 Å². The molecule has 2 atom stereocenters. The fraction of sp³-hybridized carbons (Fsp3) is 0.750. The van der Waals surface area contributed by atoms with Gasteiger partial charge in [-0.25, -0.2) is 0 Å². The van der Waals surface area contributed by atoms with Crippen molar-refractivity contribution in [3.05, 3.63) is 11.6 Å². The van der Waals surface area contributed by atoms with Gasteiger partial charge in [0.1, 0.15) is 0 Å². The Bertz CT molecular complexity index is 133. The van der Waals surface area contributed by atoms with Gasteiger partial charge in [0.2, 0.25) is 0 Å². The van der Waals surface area contributed by atoms with Crippen LogP contribution in [-0.4, -0.2) is 0 Å². The Kier molecular flexibility index (Phi) is 0.787. The zero-order chi connectivity index (χ0) is 5.56. The van der Waals surface area contributed by atoms with Crippen LogP contribution in [0.25, 0.3) is 0 Å². The van der Waals surface area contributed by atoms with E-state index in [9.17, 15) is 0 Å². The van der Waals surface area contributed by atoms with E-state index in [2.05, 4.69) is 13.0 Å². The van der Waals surface area contributed by atoms with Crippen LogP contribution in [0.1, 0.15) is 26.2 Å². The predicted molar refractivity (Wildman–Crippen MR) is 34.6 cm³/mol. The number of rotatable bonds is 0. The number of hydrogen-bond acceptors (Lipinski definition) is 0. The lowest BCUT2D eigenvalue weighted by molar-refractivity contribution is 0.632. The average molecular weight is 108 g/mol. The van der Waals surface area contributed by atoms with E-state index in [0.717, 1.165) is 11.8 Å². The summed E-state index contributed by atoms with van der Waals surface area (Å²) in [5, 5.41) is 0. The number of hydrogen-bond donors (Lipinski definition) is 0. The molecule has 0 heterocycles. The van der Waals surface area contributed by atoms with Gasteiger partial charge in [0, 0.05) is 0 Å². The highest BCUT2D eigenvalue weighted by Crippen LogP contribution is 2.51. The molecule has 0 aromatic carbocycles. The van der Waals surface area contributed by atoms with Crippen molar-refractivity contribution in [1.29, 1.82) is 0 Å². The Morgan fingerprint density at radius 1 is 1.62 bits per heavy atom. The first-order valence-electron chi connectivity index (χ1n) is 3.59. The number of fused-ring (bicyclic) bond motifs is 1. The van der Waals surface area contributed by atoms with Crippen LogP contribution in [0.5, 0.6) is 0 Å². The maximum absolute atomic E-state index is 2.44. The molecular formula is C8H12. The fourth-order valence-corrected chi connectivity index (χ4v) is 1.85. The largest absolute Gasteiger partial charge is 0.0847 e. The van der Waals surface area contributed by atoms with E-state index >= 15 is 0 Å². The molecule has 0 amide bonds. The molecule has 0 aromatic heterocycles. The molecule has 0 spiro atoms. The Morgan fingerprint density at radius 3 is 3.00 bits per heavy atom. The quantitative estimate of drug-likeness (QED) is 0.418. The normalized spacial score (nSPS) is 42.9. The predicted octanol–water partition coefficient (Wildman–Crippen LogP) is 2.36. The minimum Gasteiger partial charge on any atom is -0.0847 e. The maximum atomic E-state index is 2.44. The first-order valence-corrected chi connectivity index (χ1v) is 3.59. The molecule has 0 saturated heterocycles. The van der Waals surface area contributed by atoms with Crippen LogP contribution in [-0.2, 0) is 0 Å². The lowest BCUT2D eigenvalue weighted by Crippen LogP contribution is -1.82. The van der Waals surface area contributed by atoms with Gasteiger partial charge in [-0.3, -0.25) is 0 Å². The molecule has 0 aromatic rings. The molecule has 2 aliphatic rings. The first kappa shape index (κ1) is 4.60. The third kappa shape index (κ3) is 0.460. The minimum atomic E-state index is 0.970. The minimum absolute atomic E-state index is 0.970. The van der Waals surface area contributed by atoms with Crippen LogP contribution in [0.4, 0.5) is 0 Å². The van der Waals surface area contributed by atoms with Gasteiger partial charge in [-0.1, -0.05) is 18.6 Å². The topological polar surface area (TPSA) is 0 Å². The zero-order valence-corrected chi connectivity index (χ0v) is 5.35. The highest BCUT2D eigenvalue weighted by atomic mass is 14.4. The molecule has 2 unspecified atom stereocenters. The Morgan fingerprint density at radius 2 is 2.50 bits per heavy atom. The van der Waals surface area contributed by atoms with Gasteiger partial charge in [-0.05, 0) is 31.1 Å². The third-order valence-electron chi connectivity index (χ3n) is 2.55. The van der Waals surface area contributed by atoms with E-state index in [1.807, 2.05) is 0 Å². The molecule has 0 aliphatic heterocycles. The van der Waals surface area contributed by atoms with E-state index in [1.165, 1.54) is 19.3 Å². The van der Waals surface area contributed by atoms with Crippen molar-refractivity contribution in [3.8, 4) is 0 Å². The molecule has 0 radical (unpaired) electrons. The monoisotopic (exact) mass is 108 g/mol. The number of allylic oxidation sites excluding steroid dienone is 2. The standard InChI is InChI=1S/C8H12/c1-6-7-4-2-3-5-8(6)7/h4,6,8H,2-3,5H2,1H3. The van der Waals surface area contributed by atoms with Crippen LogP contribution in [0, 0.1) is 11.8 Å². The highest BCUT2D eigenvalue weighted by molar-refractivity contribution is 5.29. The van der Waals surface area contributed by atoms with Gasteiger partial charge in [0.05, 0.1) is 0 Å². The van der Waals surface area contributed by atoms with Gasteiger partial charge in [0.25, 0.3) is 0 Å². The molecule has 2 rings (SSSR count). The Labute approximate surface area is 50.6 Å². The van der Waals surface area contributed by atoms with Crippen LogP contribution >= 0.6 is 0 Å². The smallest absolute Gasteiger partial charge is 0.0137 e. The molecule has 0 nitrogen and oxygen atoms in total. The van der Waals surface area contributed by atoms with Gasteiger partial charge in [0.15, 0.2) is 0 Å². The Hall–Kier alpha value is -0.260. The lowest BCUT2D eigenvalue weighted by atomic mass is 10.1. The SMILES string of the molecule is CC1C2=CCCCC21. The summed E-state index contributed by atoms with van der Waals surface area (Å²) < 4.78 is 0. The second-order valence-corrected chi connectivity index (χ2v) is 3.03. The van der Waals surface area contributed by atoms with Gasteiger partial charge >= 0.3 is 0 Å². The van der Waals surface area contributed by atoms with Crippen molar-refractivity contribution in [2.24, 2.45) is 11.8 Å². The molecule has 0 N–H and O–H groups in total. The molecule has 8 heavy (non-hydrogen) atoms. The second-order valence-electron chi connectivity index (χ2n) is 3.03. The van der Waals surface area contributed by atoms with Crippen molar-refractivity contribution in [2.45, 2.75) is 26.2 Å². The summed E-state index contributed by atoms with van der Waals surface area (Å²) in [6.45, 7) is 2.35. The molecule has 1 saturated carbocycles. The fourth-order valence-electron chi connectivity index (χ4n) is 1.85. The molecule has 1 fully saturated rings. The van der Waals surface area contributed by atoms with E-state index in [4.69, 9.17) is 0 Å². The summed E-state index contributed by atoms with van der Waals surface area (Å²) in [6.07, 6.45) is 6.72. The summed E-state index contributed by atoms with van der Waals surface area (Å²) in [4.78, 5) is 0. The average Bonchev–Trinajstić information content (AvgIpc) is 2.46. The summed E-state index contributed by atoms with van der Waals surface area (Å²) in [5.41, 5.74) is 1.76. The van der Waals surface area contributed by atoms with Crippen LogP contribution < -0.4 is 0 Å². The van der Waals surface area contributed by atoms with E-state index in [0.29, 0.717) is 0 Å². The van der Waals surface area contributed by atoms with Crippen molar-refractivity contribution in [3.63, 3.8) is 0 Å². The molecule has 2 aliphatic carbocycles. The molecular weight excluding hydrogens is 96.1 g/mol. The van der Waals surface area contributed by atoms with Crippen LogP contribution in [0.15, 0.2) is 11.6 Å². The Balaban J connectivity index is 2.18. The molecule has 44 valence electrons. The lowest BCUT2D eigenvalue weighted by Gasteiger charge is -1.97.